The van der Waals surface area contributed by atoms with Gasteiger partial charge in [0.15, 0.2) is 16.3 Å². The molecule has 2 atom stereocenters. The minimum absolute atomic E-state index is 0. The standard InChI is InChI=1S/C5H9Cl2O.Al.ClH/c1-2-8-5(7)3-4-6;;/h2,5H,3-4H2,1H3;;1H. The quantitative estimate of drug-likeness (QED) is 0.520. The maximum atomic E-state index is 5.66. The molecule has 0 N–H and O–H groups in total. The fourth-order valence-electron chi connectivity index (χ4n) is 0.387. The van der Waals surface area contributed by atoms with Crippen LogP contribution in [0, 0.1) is 0 Å². The molecule has 0 rings (SSSR count). The molecular formula is C5H10AlCl3O. The van der Waals surface area contributed by atoms with Crippen LogP contribution in [0.5, 0.6) is 0 Å². The van der Waals surface area contributed by atoms with E-state index in [1.54, 1.807) is 0 Å². The Hall–Kier alpha value is 1.36. The average molecular weight is 219 g/mol. The van der Waals surface area contributed by atoms with Gasteiger partial charge in [-0.05, 0) is 4.97 Å². The van der Waals surface area contributed by atoms with Crippen molar-refractivity contribution in [2.45, 2.75) is 23.9 Å². The first-order chi connectivity index (χ1) is 4.16. The highest BCUT2D eigenvalue weighted by Gasteiger charge is 2.03. The summed E-state index contributed by atoms with van der Waals surface area (Å²) >= 11 is 13.6. The third-order valence-corrected chi connectivity index (χ3v) is 1.39. The van der Waals surface area contributed by atoms with Crippen LogP contribution < -0.4 is 0 Å². The molecule has 10 heavy (non-hydrogen) atoms. The minimum atomic E-state index is -0.241. The second-order valence-corrected chi connectivity index (χ2v) is 3.53. The van der Waals surface area contributed by atoms with Gasteiger partial charge in [0.1, 0.15) is 5.56 Å². The van der Waals surface area contributed by atoms with E-state index in [2.05, 4.69) is 16.3 Å². The van der Waals surface area contributed by atoms with E-state index in [9.17, 15) is 0 Å². The molecule has 0 spiro atoms. The van der Waals surface area contributed by atoms with Crippen LogP contribution in [-0.2, 0) is 4.74 Å². The summed E-state index contributed by atoms with van der Waals surface area (Å²) in [5, 5.41) is 0. The molecule has 0 aliphatic rings. The molecular weight excluding hydrogens is 209 g/mol. The van der Waals surface area contributed by atoms with E-state index in [0.29, 0.717) is 12.3 Å². The summed E-state index contributed by atoms with van der Waals surface area (Å²) in [6.45, 7) is 1.91. The molecule has 0 aliphatic heterocycles. The zero-order valence-corrected chi connectivity index (χ0v) is 9.20. The van der Waals surface area contributed by atoms with Crippen molar-refractivity contribution < 1.29 is 4.74 Å². The van der Waals surface area contributed by atoms with Crippen molar-refractivity contribution in [2.24, 2.45) is 0 Å². The number of halogens is 3. The van der Waals surface area contributed by atoms with E-state index >= 15 is 0 Å². The van der Waals surface area contributed by atoms with Crippen LogP contribution in [-0.4, -0.2) is 32.7 Å². The Morgan fingerprint density at radius 3 is 2.40 bits per heavy atom. The van der Waals surface area contributed by atoms with Crippen molar-refractivity contribution in [3.05, 3.63) is 0 Å². The van der Waals surface area contributed by atoms with Crippen molar-refractivity contribution in [1.29, 1.82) is 0 Å². The molecule has 0 amide bonds. The molecule has 2 unspecified atom stereocenters. The normalized spacial score (nSPS) is 15.5. The summed E-state index contributed by atoms with van der Waals surface area (Å²) in [5.41, 5.74) is -0.241. The average Bonchev–Trinajstić information content (AvgIpc) is 1.63. The molecule has 0 fully saturated rings. The first-order valence-corrected chi connectivity index (χ1v) is 4.41. The number of hydrogen-bond acceptors (Lipinski definition) is 1. The third-order valence-electron chi connectivity index (χ3n) is 0.698. The van der Waals surface area contributed by atoms with Crippen molar-refractivity contribution in [2.75, 3.05) is 5.88 Å². The number of rotatable bonds is 4. The van der Waals surface area contributed by atoms with Crippen LogP contribution >= 0.6 is 35.6 Å². The van der Waals surface area contributed by atoms with Crippen LogP contribution in [0.4, 0.5) is 0 Å². The van der Waals surface area contributed by atoms with E-state index in [1.807, 2.05) is 6.92 Å². The summed E-state index contributed by atoms with van der Waals surface area (Å²) in [6, 6.07) is 0. The first kappa shape index (κ1) is 13.9. The molecule has 0 bridgehead atoms. The highest BCUT2D eigenvalue weighted by molar-refractivity contribution is 6.21. The topological polar surface area (TPSA) is 9.23 Å². The van der Waals surface area contributed by atoms with Crippen molar-refractivity contribution in [1.82, 2.24) is 0 Å². The van der Waals surface area contributed by atoms with Gasteiger partial charge in [0.2, 0.25) is 0 Å². The first-order valence-electron chi connectivity index (χ1n) is 2.78. The Morgan fingerprint density at radius 2 is 2.10 bits per heavy atom. The molecule has 2 radical (unpaired) electrons. The Balaban J connectivity index is 0. The largest absolute Gasteiger partial charge is 0.377 e. The Kier molecular flexibility index (Phi) is 11.8. The lowest BCUT2D eigenvalue weighted by molar-refractivity contribution is 0.0906. The smallest absolute Gasteiger partial charge is 0.170 e. The van der Waals surface area contributed by atoms with Gasteiger partial charge in [0.25, 0.3) is 0 Å². The second kappa shape index (κ2) is 8.46. The van der Waals surface area contributed by atoms with Crippen LogP contribution in [0.1, 0.15) is 13.3 Å². The lowest BCUT2D eigenvalue weighted by Crippen LogP contribution is -2.15. The van der Waals surface area contributed by atoms with Gasteiger partial charge in [0, 0.05) is 12.3 Å². The summed E-state index contributed by atoms with van der Waals surface area (Å²) in [5.74, 6) is 0.547. The summed E-state index contributed by atoms with van der Waals surface area (Å²) < 4.78 is 5.13. The van der Waals surface area contributed by atoms with Crippen molar-refractivity contribution in [3.8, 4) is 0 Å². The van der Waals surface area contributed by atoms with Gasteiger partial charge in [0.05, 0.1) is 0 Å². The second-order valence-electron chi connectivity index (χ2n) is 1.73. The van der Waals surface area contributed by atoms with E-state index in [-0.39, 0.29) is 22.9 Å². The summed E-state index contributed by atoms with van der Waals surface area (Å²) in [6.07, 6.45) is 0.696. The Morgan fingerprint density at radius 1 is 1.60 bits per heavy atom. The van der Waals surface area contributed by atoms with Crippen molar-refractivity contribution >= 4 is 51.9 Å². The molecule has 0 aromatic heterocycles. The van der Waals surface area contributed by atoms with Gasteiger partial charge >= 0.3 is 0 Å². The van der Waals surface area contributed by atoms with Crippen LogP contribution in [0.25, 0.3) is 0 Å². The zero-order chi connectivity index (χ0) is 7.28. The molecule has 0 saturated carbocycles. The van der Waals surface area contributed by atoms with E-state index in [4.69, 9.17) is 27.9 Å². The number of hydrogen-bond donors (Lipinski definition) is 0. The summed E-state index contributed by atoms with van der Waals surface area (Å²) in [7, 11) is 0. The van der Waals surface area contributed by atoms with E-state index in [1.165, 1.54) is 0 Å². The monoisotopic (exact) mass is 218 g/mol. The van der Waals surface area contributed by atoms with Crippen LogP contribution in [0.2, 0.25) is 0 Å². The van der Waals surface area contributed by atoms with Gasteiger partial charge < -0.3 is 4.74 Å². The van der Waals surface area contributed by atoms with E-state index in [0.717, 1.165) is 0 Å². The van der Waals surface area contributed by atoms with Gasteiger partial charge in [-0.15, -0.1) is 24.0 Å². The zero-order valence-electron chi connectivity index (χ0n) is 5.72. The number of ether oxygens (including phenoxy) is 1. The maximum absolute atomic E-state index is 5.66. The summed E-state index contributed by atoms with van der Waals surface area (Å²) in [4.78, 5) is 0.107. The number of alkyl halides is 2. The predicted molar refractivity (Wildman–Crippen MR) is 48.5 cm³/mol. The molecule has 0 aliphatic carbocycles. The van der Waals surface area contributed by atoms with E-state index < -0.39 is 0 Å². The molecule has 60 valence electrons. The van der Waals surface area contributed by atoms with Crippen molar-refractivity contribution in [3.63, 3.8) is 0 Å². The highest BCUT2D eigenvalue weighted by atomic mass is 35.5. The van der Waals surface area contributed by atoms with Gasteiger partial charge in [-0.25, -0.2) is 0 Å². The minimum Gasteiger partial charge on any atom is -0.377 e. The Labute approximate surface area is 86.2 Å². The molecule has 0 aromatic rings. The lowest BCUT2D eigenvalue weighted by Gasteiger charge is -2.12. The third kappa shape index (κ3) is 9.36. The fourth-order valence-corrected chi connectivity index (χ4v) is 1.26. The molecule has 0 aromatic carbocycles. The Bertz CT molecular complexity index is 71.9. The SMILES string of the molecule is C[CH]([Al])OC(Cl)CCCl.Cl. The fraction of sp³-hybridized carbons (Fsp3) is 1.00. The predicted octanol–water partition coefficient (Wildman–Crippen LogP) is 2.13. The van der Waals surface area contributed by atoms with Gasteiger partial charge in [-0.2, -0.15) is 0 Å². The molecule has 1 nitrogen and oxygen atoms in total. The maximum Gasteiger partial charge on any atom is 0.170 e. The molecule has 5 heteroatoms. The van der Waals surface area contributed by atoms with Gasteiger partial charge in [-0.3, -0.25) is 0 Å². The van der Waals surface area contributed by atoms with Crippen LogP contribution in [0.15, 0.2) is 0 Å². The highest BCUT2D eigenvalue weighted by Crippen LogP contribution is 2.06. The lowest BCUT2D eigenvalue weighted by atomic mass is 10.5. The van der Waals surface area contributed by atoms with Gasteiger partial charge in [-0.1, -0.05) is 18.5 Å². The molecule has 0 saturated heterocycles. The van der Waals surface area contributed by atoms with Crippen LogP contribution in [0.3, 0.4) is 0 Å². The molecule has 0 heterocycles.